The van der Waals surface area contributed by atoms with Gasteiger partial charge in [-0.1, -0.05) is 41.6 Å². The molecule has 0 aliphatic heterocycles. The quantitative estimate of drug-likeness (QED) is 0.614. The van der Waals surface area contributed by atoms with Crippen LogP contribution in [0.15, 0.2) is 46.6 Å². The van der Waals surface area contributed by atoms with Crippen LogP contribution in [0, 0.1) is 0 Å². The van der Waals surface area contributed by atoms with Gasteiger partial charge in [0.25, 0.3) is 0 Å². The van der Waals surface area contributed by atoms with Crippen LogP contribution in [0.5, 0.6) is 0 Å². The zero-order valence-corrected chi connectivity index (χ0v) is 13.7. The summed E-state index contributed by atoms with van der Waals surface area (Å²) in [5.74, 6) is 0.780. The van der Waals surface area contributed by atoms with Crippen molar-refractivity contribution in [2.24, 2.45) is 0 Å². The Labute approximate surface area is 137 Å². The first-order valence-electron chi connectivity index (χ1n) is 6.36. The highest BCUT2D eigenvalue weighted by Crippen LogP contribution is 2.27. The Balaban J connectivity index is 1.85. The smallest absolute Gasteiger partial charge is 0.226 e. The second-order valence-corrected chi connectivity index (χ2v) is 6.81. The minimum absolute atomic E-state index is 0.0356. The Morgan fingerprint density at radius 2 is 2.38 bits per heavy atom. The van der Waals surface area contributed by atoms with Gasteiger partial charge in [0.2, 0.25) is 5.91 Å². The summed E-state index contributed by atoms with van der Waals surface area (Å²) in [5.41, 5.74) is 1.96. The summed E-state index contributed by atoms with van der Waals surface area (Å²) in [6.45, 7) is 4.05. The summed E-state index contributed by atoms with van der Waals surface area (Å²) in [4.78, 5) is 16.0. The molecule has 1 aromatic heterocycles. The second kappa shape index (κ2) is 8.22. The average Bonchev–Trinajstić information content (AvgIpc) is 2.90. The fraction of sp³-hybridized carbons (Fsp3) is 0.200. The van der Waals surface area contributed by atoms with Crippen LogP contribution in [-0.2, 0) is 17.0 Å². The van der Waals surface area contributed by atoms with Crippen LogP contribution in [0.4, 0.5) is 0 Å². The van der Waals surface area contributed by atoms with Crippen molar-refractivity contribution < 1.29 is 4.79 Å². The number of thiazole rings is 1. The molecule has 0 atom stereocenters. The van der Waals surface area contributed by atoms with Gasteiger partial charge in [0, 0.05) is 22.7 Å². The van der Waals surface area contributed by atoms with Gasteiger partial charge >= 0.3 is 0 Å². The summed E-state index contributed by atoms with van der Waals surface area (Å²) >= 11 is 9.16. The van der Waals surface area contributed by atoms with Crippen molar-refractivity contribution in [3.8, 4) is 0 Å². The highest BCUT2D eigenvalue weighted by Gasteiger charge is 2.07. The number of carbonyl (C=O) groups excluding carboxylic acids is 1. The van der Waals surface area contributed by atoms with Crippen LogP contribution < -0.4 is 5.32 Å². The molecule has 0 saturated heterocycles. The third-order valence-corrected chi connectivity index (χ3v) is 4.94. The number of hydrogen-bond acceptors (Lipinski definition) is 4. The standard InChI is InChI=1S/C15H15ClN2OS2/c1-2-6-17-14(19)8-13-10-21-15(18-13)20-9-11-4-3-5-12(16)7-11/h2-5,7,10H,1,6,8-9H2,(H,17,19). The molecule has 0 bridgehead atoms. The van der Waals surface area contributed by atoms with Crippen molar-refractivity contribution in [2.75, 3.05) is 6.54 Å². The number of aromatic nitrogens is 1. The van der Waals surface area contributed by atoms with E-state index >= 15 is 0 Å². The Hall–Kier alpha value is -1.30. The number of benzene rings is 1. The normalized spacial score (nSPS) is 10.3. The lowest BCUT2D eigenvalue weighted by molar-refractivity contribution is -0.120. The molecular formula is C15H15ClN2OS2. The molecule has 0 spiro atoms. The summed E-state index contributed by atoms with van der Waals surface area (Å²) < 4.78 is 0.960. The largest absolute Gasteiger partial charge is 0.352 e. The van der Waals surface area contributed by atoms with E-state index in [1.807, 2.05) is 29.6 Å². The van der Waals surface area contributed by atoms with Crippen molar-refractivity contribution in [1.82, 2.24) is 10.3 Å². The fourth-order valence-electron chi connectivity index (χ4n) is 1.62. The first kappa shape index (κ1) is 16.1. The molecule has 2 aromatic rings. The minimum atomic E-state index is -0.0356. The number of nitrogens with zero attached hydrogens (tertiary/aromatic N) is 1. The number of nitrogens with one attached hydrogen (secondary N) is 1. The van der Waals surface area contributed by atoms with E-state index < -0.39 is 0 Å². The molecule has 0 unspecified atom stereocenters. The molecule has 0 fully saturated rings. The van der Waals surface area contributed by atoms with Crippen molar-refractivity contribution in [3.63, 3.8) is 0 Å². The molecule has 0 saturated carbocycles. The van der Waals surface area contributed by atoms with Crippen LogP contribution in [0.2, 0.25) is 5.02 Å². The molecule has 2 rings (SSSR count). The van der Waals surface area contributed by atoms with Crippen molar-refractivity contribution in [1.29, 1.82) is 0 Å². The van der Waals surface area contributed by atoms with E-state index in [0.29, 0.717) is 13.0 Å². The van der Waals surface area contributed by atoms with Gasteiger partial charge in [-0.25, -0.2) is 4.98 Å². The first-order chi connectivity index (χ1) is 10.2. The predicted molar refractivity (Wildman–Crippen MR) is 90.0 cm³/mol. The fourth-order valence-corrected chi connectivity index (χ4v) is 3.62. The topological polar surface area (TPSA) is 42.0 Å². The number of amides is 1. The molecule has 110 valence electrons. The lowest BCUT2D eigenvalue weighted by Crippen LogP contribution is -2.25. The van der Waals surface area contributed by atoms with Gasteiger partial charge in [-0.3, -0.25) is 4.79 Å². The zero-order chi connectivity index (χ0) is 15.1. The molecule has 6 heteroatoms. The molecule has 1 N–H and O–H groups in total. The van der Waals surface area contributed by atoms with Crippen LogP contribution >= 0.6 is 34.7 Å². The van der Waals surface area contributed by atoms with E-state index in [1.165, 1.54) is 0 Å². The third kappa shape index (κ3) is 5.53. The number of thioether (sulfide) groups is 1. The lowest BCUT2D eigenvalue weighted by atomic mass is 10.2. The van der Waals surface area contributed by atoms with Gasteiger partial charge < -0.3 is 5.32 Å². The van der Waals surface area contributed by atoms with Gasteiger partial charge in [0.15, 0.2) is 0 Å². The molecule has 1 aromatic carbocycles. The van der Waals surface area contributed by atoms with E-state index in [0.717, 1.165) is 26.4 Å². The van der Waals surface area contributed by atoms with Crippen LogP contribution in [0.3, 0.4) is 0 Å². The van der Waals surface area contributed by atoms with Crippen molar-refractivity contribution in [2.45, 2.75) is 16.5 Å². The van der Waals surface area contributed by atoms with E-state index in [2.05, 4.69) is 16.9 Å². The molecule has 0 aliphatic carbocycles. The summed E-state index contributed by atoms with van der Waals surface area (Å²) in [6, 6.07) is 7.79. The highest BCUT2D eigenvalue weighted by molar-refractivity contribution is 8.00. The Morgan fingerprint density at radius 1 is 1.52 bits per heavy atom. The third-order valence-electron chi connectivity index (χ3n) is 2.57. The van der Waals surface area contributed by atoms with Gasteiger partial charge in [-0.2, -0.15) is 0 Å². The van der Waals surface area contributed by atoms with Gasteiger partial charge in [0.1, 0.15) is 4.34 Å². The van der Waals surface area contributed by atoms with E-state index in [4.69, 9.17) is 11.6 Å². The average molecular weight is 339 g/mol. The Kier molecular flexibility index (Phi) is 6.29. The van der Waals surface area contributed by atoms with Gasteiger partial charge in [-0.05, 0) is 17.7 Å². The molecule has 1 heterocycles. The predicted octanol–water partition coefficient (Wildman–Crippen LogP) is 3.93. The van der Waals surface area contributed by atoms with Crippen molar-refractivity contribution in [3.05, 3.63) is 58.6 Å². The number of carbonyl (C=O) groups is 1. The van der Waals surface area contributed by atoms with E-state index in [-0.39, 0.29) is 5.91 Å². The monoisotopic (exact) mass is 338 g/mol. The number of halogens is 1. The van der Waals surface area contributed by atoms with Gasteiger partial charge in [-0.15, -0.1) is 17.9 Å². The van der Waals surface area contributed by atoms with Crippen LogP contribution in [0.25, 0.3) is 0 Å². The zero-order valence-electron chi connectivity index (χ0n) is 11.3. The molecule has 1 amide bonds. The van der Waals surface area contributed by atoms with Gasteiger partial charge in [0.05, 0.1) is 12.1 Å². The summed E-state index contributed by atoms with van der Waals surface area (Å²) in [5, 5.41) is 5.41. The van der Waals surface area contributed by atoms with Crippen molar-refractivity contribution >= 4 is 40.6 Å². The highest BCUT2D eigenvalue weighted by atomic mass is 35.5. The minimum Gasteiger partial charge on any atom is -0.352 e. The Morgan fingerprint density at radius 3 is 3.14 bits per heavy atom. The summed E-state index contributed by atoms with van der Waals surface area (Å²) in [7, 11) is 0. The summed E-state index contributed by atoms with van der Waals surface area (Å²) in [6.07, 6.45) is 1.97. The molecule has 0 aliphatic rings. The number of hydrogen-bond donors (Lipinski definition) is 1. The number of rotatable bonds is 7. The second-order valence-electron chi connectivity index (χ2n) is 4.29. The van der Waals surface area contributed by atoms with Crippen LogP contribution in [0.1, 0.15) is 11.3 Å². The Bertz CT molecular complexity index is 628. The SMILES string of the molecule is C=CCNC(=O)Cc1csc(SCc2cccc(Cl)c2)n1. The molecule has 0 radical (unpaired) electrons. The first-order valence-corrected chi connectivity index (χ1v) is 8.61. The lowest BCUT2D eigenvalue weighted by Gasteiger charge is -2.00. The van der Waals surface area contributed by atoms with E-state index in [9.17, 15) is 4.79 Å². The van der Waals surface area contributed by atoms with Crippen LogP contribution in [-0.4, -0.2) is 17.4 Å². The maximum absolute atomic E-state index is 11.6. The maximum Gasteiger partial charge on any atom is 0.226 e. The van der Waals surface area contributed by atoms with E-state index in [1.54, 1.807) is 29.2 Å². The maximum atomic E-state index is 11.6. The molecular weight excluding hydrogens is 324 g/mol. The molecule has 3 nitrogen and oxygen atoms in total. The molecule has 21 heavy (non-hydrogen) atoms.